The van der Waals surface area contributed by atoms with Crippen LogP contribution >= 0.6 is 0 Å². The molecule has 2 fully saturated rings. The summed E-state index contributed by atoms with van der Waals surface area (Å²) >= 11 is 0. The van der Waals surface area contributed by atoms with E-state index < -0.39 is 89.7 Å². The number of halogens is 12. The van der Waals surface area contributed by atoms with Gasteiger partial charge >= 0.3 is 24.7 Å². The Morgan fingerprint density at radius 1 is 0.552 bits per heavy atom. The lowest BCUT2D eigenvalue weighted by Gasteiger charge is -2.46. The van der Waals surface area contributed by atoms with Crippen LogP contribution in [0.4, 0.5) is 52.7 Å². The van der Waals surface area contributed by atoms with Gasteiger partial charge in [-0.1, -0.05) is 54.6 Å². The first-order valence-corrected chi connectivity index (χ1v) is 21.8. The normalized spacial score (nSPS) is 21.0. The number of benzene rings is 4. The fraction of sp³-hybridized carbons (Fsp3) is 0.415. The Balaban J connectivity index is 1.58. The lowest BCUT2D eigenvalue weighted by molar-refractivity contribution is -0.144. The van der Waals surface area contributed by atoms with E-state index in [1.807, 2.05) is 56.0 Å². The smallest absolute Gasteiger partial charge is 0.403 e. The Kier molecular flexibility index (Phi) is 11.5. The standard InChI is InChI=1S/C41H40F12N2O2Si/c1-58(2,3)57-37(35-14-9-17-54-35,24-10-5-4-6-11-24)32-13-8-7-12-31(32)33-15-16-34(55-33)36(56,25-18-27(38(42,43)44)22-28(19-25)39(45,46)47)26-20-29(40(48,49)50)23-30(21-26)41(51,52)53/h4-8,10-13,18-23,33-35,54-56H,9,14-17H2,1-3H3. The summed E-state index contributed by atoms with van der Waals surface area (Å²) in [5.41, 5.74) is -12.6. The molecular formula is C41H40F12N2O2Si. The molecule has 2 saturated heterocycles. The van der Waals surface area contributed by atoms with E-state index in [1.54, 1.807) is 18.2 Å². The summed E-state index contributed by atoms with van der Waals surface area (Å²) in [5.74, 6) is 0. The fourth-order valence-corrected chi connectivity index (χ4v) is 9.64. The van der Waals surface area contributed by atoms with Crippen LogP contribution in [0.1, 0.15) is 81.8 Å². The van der Waals surface area contributed by atoms with Crippen LogP contribution in [0.25, 0.3) is 0 Å². The van der Waals surface area contributed by atoms with Crippen LogP contribution in [-0.2, 0) is 40.3 Å². The minimum Gasteiger partial charge on any atom is -0.403 e. The number of nitrogens with one attached hydrogen (secondary N) is 2. The maximum atomic E-state index is 14.2. The van der Waals surface area contributed by atoms with Gasteiger partial charge in [0.15, 0.2) is 8.32 Å². The molecular weight excluding hydrogens is 809 g/mol. The highest BCUT2D eigenvalue weighted by atomic mass is 28.4. The van der Waals surface area contributed by atoms with Gasteiger partial charge in [0.05, 0.1) is 22.3 Å². The molecule has 0 aliphatic carbocycles. The van der Waals surface area contributed by atoms with Gasteiger partial charge in [-0.3, -0.25) is 0 Å². The van der Waals surface area contributed by atoms with Crippen LogP contribution < -0.4 is 10.6 Å². The summed E-state index contributed by atoms with van der Waals surface area (Å²) in [6.07, 6.45) is -20.6. The lowest BCUT2D eigenvalue weighted by Crippen LogP contribution is -2.53. The van der Waals surface area contributed by atoms with Crippen molar-refractivity contribution in [1.82, 2.24) is 10.6 Å². The molecule has 2 aliphatic rings. The molecule has 0 amide bonds. The third kappa shape index (κ3) is 8.69. The van der Waals surface area contributed by atoms with E-state index in [-0.39, 0.29) is 55.3 Å². The van der Waals surface area contributed by atoms with Gasteiger partial charge in [-0.15, -0.1) is 0 Å². The zero-order valence-electron chi connectivity index (χ0n) is 31.3. The van der Waals surface area contributed by atoms with Crippen molar-refractivity contribution in [2.75, 3.05) is 6.54 Å². The minimum absolute atomic E-state index is 0.0100. The molecule has 4 atom stereocenters. The molecule has 58 heavy (non-hydrogen) atoms. The van der Waals surface area contributed by atoms with Gasteiger partial charge in [-0.2, -0.15) is 52.7 Å². The SMILES string of the molecule is C[Si](C)(C)OC(c1ccccc1)(c1ccccc1C1CCC(C(O)(c2cc(C(F)(F)F)cc(C(F)(F)F)c2)c2cc(C(F)(F)F)cc(C(F)(F)F)c2)N1)C1CCCN1. The molecule has 4 aromatic carbocycles. The van der Waals surface area contributed by atoms with Gasteiger partial charge in [0, 0.05) is 18.1 Å². The molecule has 2 heterocycles. The van der Waals surface area contributed by atoms with Crippen LogP contribution in [0.5, 0.6) is 0 Å². The average Bonchev–Trinajstić information content (AvgIpc) is 3.86. The summed E-state index contributed by atoms with van der Waals surface area (Å²) in [6.45, 7) is 6.67. The van der Waals surface area contributed by atoms with Crippen LogP contribution in [0, 0.1) is 0 Å². The predicted molar refractivity (Wildman–Crippen MR) is 194 cm³/mol. The topological polar surface area (TPSA) is 53.5 Å². The van der Waals surface area contributed by atoms with Crippen molar-refractivity contribution in [2.45, 2.75) is 99.4 Å². The van der Waals surface area contributed by atoms with Crippen molar-refractivity contribution < 1.29 is 62.2 Å². The number of rotatable bonds is 9. The summed E-state index contributed by atoms with van der Waals surface area (Å²) in [7, 11) is -2.47. The third-order valence-corrected chi connectivity index (χ3v) is 11.6. The summed E-state index contributed by atoms with van der Waals surface area (Å²) in [4.78, 5) is 0. The third-order valence-electron chi connectivity index (χ3n) is 10.7. The zero-order valence-corrected chi connectivity index (χ0v) is 32.3. The highest BCUT2D eigenvalue weighted by Gasteiger charge is 2.52. The number of alkyl halides is 12. The first-order valence-electron chi connectivity index (χ1n) is 18.4. The predicted octanol–water partition coefficient (Wildman–Crippen LogP) is 11.3. The number of aliphatic hydroxyl groups is 1. The quantitative estimate of drug-likeness (QED) is 0.116. The van der Waals surface area contributed by atoms with Crippen molar-refractivity contribution >= 4 is 8.32 Å². The molecule has 4 unspecified atom stereocenters. The molecule has 0 radical (unpaired) electrons. The molecule has 4 aromatic rings. The van der Waals surface area contributed by atoms with Crippen LogP contribution in [0.3, 0.4) is 0 Å². The number of hydrogen-bond acceptors (Lipinski definition) is 4. The van der Waals surface area contributed by atoms with Crippen molar-refractivity contribution in [3.8, 4) is 0 Å². The van der Waals surface area contributed by atoms with Crippen LogP contribution in [0.15, 0.2) is 91.0 Å². The van der Waals surface area contributed by atoms with E-state index in [0.717, 1.165) is 12.0 Å². The molecule has 17 heteroatoms. The van der Waals surface area contributed by atoms with Crippen molar-refractivity contribution in [3.63, 3.8) is 0 Å². The largest absolute Gasteiger partial charge is 0.416 e. The Morgan fingerprint density at radius 2 is 1.00 bits per heavy atom. The Hall–Kier alpha value is -3.90. The van der Waals surface area contributed by atoms with Gasteiger partial charge in [0.2, 0.25) is 0 Å². The Morgan fingerprint density at radius 3 is 1.43 bits per heavy atom. The lowest BCUT2D eigenvalue weighted by atomic mass is 9.76. The van der Waals surface area contributed by atoms with E-state index in [9.17, 15) is 57.8 Å². The second-order valence-corrected chi connectivity index (χ2v) is 20.2. The van der Waals surface area contributed by atoms with Gasteiger partial charge in [-0.05, 0) is 116 Å². The first-order chi connectivity index (χ1) is 26.7. The van der Waals surface area contributed by atoms with Crippen molar-refractivity contribution in [3.05, 3.63) is 141 Å². The summed E-state index contributed by atoms with van der Waals surface area (Å²) < 4.78 is 177. The highest BCUT2D eigenvalue weighted by molar-refractivity contribution is 6.69. The Bertz CT molecular complexity index is 1950. The van der Waals surface area contributed by atoms with E-state index in [4.69, 9.17) is 4.43 Å². The van der Waals surface area contributed by atoms with Crippen molar-refractivity contribution in [1.29, 1.82) is 0 Å². The maximum absolute atomic E-state index is 14.2. The monoisotopic (exact) mass is 848 g/mol. The summed E-state index contributed by atoms with van der Waals surface area (Å²) in [6, 6.07) is 13.5. The maximum Gasteiger partial charge on any atom is 0.416 e. The molecule has 3 N–H and O–H groups in total. The molecule has 2 aliphatic heterocycles. The average molecular weight is 849 g/mol. The van der Waals surface area contributed by atoms with Gasteiger partial charge < -0.3 is 20.2 Å². The first kappa shape index (κ1) is 43.7. The number of hydrogen-bond donors (Lipinski definition) is 3. The Labute approximate surface area is 327 Å². The molecule has 0 saturated carbocycles. The van der Waals surface area contributed by atoms with E-state index in [0.29, 0.717) is 24.1 Å². The van der Waals surface area contributed by atoms with Gasteiger partial charge in [0.25, 0.3) is 0 Å². The molecule has 4 nitrogen and oxygen atoms in total. The second kappa shape index (κ2) is 15.3. The molecule has 6 rings (SSSR count). The molecule has 0 spiro atoms. The van der Waals surface area contributed by atoms with Crippen molar-refractivity contribution in [2.24, 2.45) is 0 Å². The fourth-order valence-electron chi connectivity index (χ4n) is 8.31. The van der Waals surface area contributed by atoms with E-state index >= 15 is 0 Å². The zero-order chi connectivity index (χ0) is 42.7. The van der Waals surface area contributed by atoms with E-state index in [2.05, 4.69) is 10.6 Å². The molecule has 0 bridgehead atoms. The molecule has 314 valence electrons. The van der Waals surface area contributed by atoms with Gasteiger partial charge in [0.1, 0.15) is 11.2 Å². The summed E-state index contributed by atoms with van der Waals surface area (Å²) in [5, 5.41) is 19.3. The van der Waals surface area contributed by atoms with E-state index in [1.165, 1.54) is 0 Å². The minimum atomic E-state index is -5.46. The van der Waals surface area contributed by atoms with Crippen LogP contribution in [-0.4, -0.2) is 32.1 Å². The second-order valence-electron chi connectivity index (χ2n) is 15.8. The van der Waals surface area contributed by atoms with Gasteiger partial charge in [-0.25, -0.2) is 0 Å². The highest BCUT2D eigenvalue weighted by Crippen LogP contribution is 2.50. The molecule has 0 aromatic heterocycles. The van der Waals surface area contributed by atoms with Crippen LogP contribution in [0.2, 0.25) is 19.6 Å².